The van der Waals surface area contributed by atoms with Crippen molar-refractivity contribution in [3.8, 4) is 11.5 Å². The zero-order valence-corrected chi connectivity index (χ0v) is 14.1. The first-order chi connectivity index (χ1) is 11.0. The van der Waals surface area contributed by atoms with Gasteiger partial charge in [-0.2, -0.15) is 0 Å². The molecule has 6 heteroatoms. The molecule has 0 saturated carbocycles. The van der Waals surface area contributed by atoms with Crippen LogP contribution in [0.15, 0.2) is 24.3 Å². The van der Waals surface area contributed by atoms with E-state index in [0.717, 1.165) is 0 Å². The van der Waals surface area contributed by atoms with Crippen LogP contribution in [0.2, 0.25) is 0 Å². The van der Waals surface area contributed by atoms with Crippen LogP contribution in [0.3, 0.4) is 0 Å². The molecule has 0 heterocycles. The molecule has 0 fully saturated rings. The average molecular weight is 322 g/mol. The highest BCUT2D eigenvalue weighted by Gasteiger charge is 2.07. The fourth-order valence-corrected chi connectivity index (χ4v) is 1.89. The molecule has 2 N–H and O–H groups in total. The molecule has 0 aliphatic rings. The lowest BCUT2D eigenvalue weighted by Crippen LogP contribution is -2.37. The molecule has 1 rings (SSSR count). The molecule has 1 aromatic rings. The Kier molecular flexibility index (Phi) is 8.57. The minimum Gasteiger partial charge on any atom is -0.490 e. The molecular formula is C17H26N2O4. The minimum atomic E-state index is -0.241. The highest BCUT2D eigenvalue weighted by atomic mass is 16.5. The zero-order chi connectivity index (χ0) is 17.1. The fraction of sp³-hybridized carbons (Fsp3) is 0.529. The van der Waals surface area contributed by atoms with Crippen molar-refractivity contribution in [2.45, 2.75) is 27.2 Å². The van der Waals surface area contributed by atoms with Crippen molar-refractivity contribution in [3.05, 3.63) is 24.3 Å². The Morgan fingerprint density at radius 1 is 1.00 bits per heavy atom. The number of ether oxygens (including phenoxy) is 2. The molecule has 0 unspecified atom stereocenters. The predicted molar refractivity (Wildman–Crippen MR) is 88.6 cm³/mol. The van der Waals surface area contributed by atoms with E-state index >= 15 is 0 Å². The van der Waals surface area contributed by atoms with Gasteiger partial charge in [-0.1, -0.05) is 26.0 Å². The Hall–Kier alpha value is -2.24. The van der Waals surface area contributed by atoms with Gasteiger partial charge in [0.2, 0.25) is 5.91 Å². The molecule has 23 heavy (non-hydrogen) atoms. The van der Waals surface area contributed by atoms with Crippen LogP contribution in [0.4, 0.5) is 0 Å². The molecule has 2 amide bonds. The second-order valence-corrected chi connectivity index (χ2v) is 5.47. The molecule has 0 atom stereocenters. The van der Waals surface area contributed by atoms with Crippen LogP contribution in [0.25, 0.3) is 0 Å². The first-order valence-corrected chi connectivity index (χ1v) is 7.91. The van der Waals surface area contributed by atoms with E-state index in [0.29, 0.717) is 43.5 Å². The summed E-state index contributed by atoms with van der Waals surface area (Å²) in [5.41, 5.74) is 0. The molecule has 0 radical (unpaired) electrons. The van der Waals surface area contributed by atoms with Crippen LogP contribution >= 0.6 is 0 Å². The number of rotatable bonds is 10. The molecule has 0 aromatic heterocycles. The summed E-state index contributed by atoms with van der Waals surface area (Å²) in [6.07, 6.45) is 0.491. The van der Waals surface area contributed by atoms with Crippen LogP contribution in [0, 0.1) is 5.92 Å². The van der Waals surface area contributed by atoms with E-state index in [1.807, 2.05) is 32.9 Å². The van der Waals surface area contributed by atoms with Crippen molar-refractivity contribution in [2.75, 3.05) is 26.3 Å². The van der Waals surface area contributed by atoms with Gasteiger partial charge in [-0.15, -0.1) is 0 Å². The molecule has 0 spiro atoms. The van der Waals surface area contributed by atoms with Crippen LogP contribution in [0.5, 0.6) is 11.5 Å². The molecule has 128 valence electrons. The van der Waals surface area contributed by atoms with Gasteiger partial charge in [0.05, 0.1) is 6.61 Å². The predicted octanol–water partition coefficient (Wildman–Crippen LogP) is 1.74. The molecule has 0 aliphatic heterocycles. The van der Waals surface area contributed by atoms with Crippen LogP contribution in [-0.4, -0.2) is 38.1 Å². The molecular weight excluding hydrogens is 296 g/mol. The highest BCUT2D eigenvalue weighted by Crippen LogP contribution is 2.26. The van der Waals surface area contributed by atoms with Gasteiger partial charge in [0, 0.05) is 19.5 Å². The number of hydrogen-bond acceptors (Lipinski definition) is 4. The lowest BCUT2D eigenvalue weighted by molar-refractivity contribution is -0.124. The summed E-state index contributed by atoms with van der Waals surface area (Å²) in [5, 5.41) is 5.45. The number of hydrogen-bond donors (Lipinski definition) is 2. The maximum absolute atomic E-state index is 11.7. The number of carbonyl (C=O) groups is 2. The first-order valence-electron chi connectivity index (χ1n) is 7.91. The van der Waals surface area contributed by atoms with E-state index in [4.69, 9.17) is 9.47 Å². The summed E-state index contributed by atoms with van der Waals surface area (Å²) in [6, 6.07) is 7.21. The van der Waals surface area contributed by atoms with E-state index in [1.165, 1.54) is 0 Å². The summed E-state index contributed by atoms with van der Waals surface area (Å²) in [7, 11) is 0. The quantitative estimate of drug-likeness (QED) is 0.643. The summed E-state index contributed by atoms with van der Waals surface area (Å²) < 4.78 is 10.9. The second kappa shape index (κ2) is 10.5. The van der Waals surface area contributed by atoms with E-state index in [2.05, 4.69) is 10.6 Å². The van der Waals surface area contributed by atoms with Gasteiger partial charge in [0.1, 0.15) is 0 Å². The summed E-state index contributed by atoms with van der Waals surface area (Å²) >= 11 is 0. The first kappa shape index (κ1) is 18.8. The van der Waals surface area contributed by atoms with Gasteiger partial charge in [-0.3, -0.25) is 9.59 Å². The average Bonchev–Trinajstić information content (AvgIpc) is 2.50. The lowest BCUT2D eigenvalue weighted by Gasteiger charge is -2.12. The van der Waals surface area contributed by atoms with Gasteiger partial charge in [0.25, 0.3) is 5.91 Å². The van der Waals surface area contributed by atoms with Crippen LogP contribution < -0.4 is 20.1 Å². The monoisotopic (exact) mass is 322 g/mol. The smallest absolute Gasteiger partial charge is 0.258 e. The standard InChI is InChI=1S/C17H26N2O4/c1-4-22-14-7-5-6-8-15(14)23-12-17(21)19-10-9-18-16(20)11-13(2)3/h5-8,13H,4,9-12H2,1-3H3,(H,18,20)(H,19,21). The third kappa shape index (κ3) is 8.09. The van der Waals surface area contributed by atoms with Gasteiger partial charge in [-0.05, 0) is 25.0 Å². The molecule has 0 saturated heterocycles. The Morgan fingerprint density at radius 2 is 1.57 bits per heavy atom. The third-order valence-electron chi connectivity index (χ3n) is 2.87. The Morgan fingerprint density at radius 3 is 2.13 bits per heavy atom. The zero-order valence-electron chi connectivity index (χ0n) is 14.1. The van der Waals surface area contributed by atoms with E-state index < -0.39 is 0 Å². The van der Waals surface area contributed by atoms with Crippen molar-refractivity contribution >= 4 is 11.8 Å². The second-order valence-electron chi connectivity index (χ2n) is 5.47. The minimum absolute atomic E-state index is 0.00357. The van der Waals surface area contributed by atoms with E-state index in [1.54, 1.807) is 12.1 Å². The van der Waals surface area contributed by atoms with Gasteiger partial charge in [-0.25, -0.2) is 0 Å². The number of para-hydroxylation sites is 2. The third-order valence-corrected chi connectivity index (χ3v) is 2.87. The topological polar surface area (TPSA) is 76.7 Å². The van der Waals surface area contributed by atoms with Gasteiger partial charge < -0.3 is 20.1 Å². The van der Waals surface area contributed by atoms with E-state index in [-0.39, 0.29) is 18.4 Å². The summed E-state index contributed by atoms with van der Waals surface area (Å²) in [6.45, 7) is 7.08. The Bertz CT molecular complexity index is 503. The maximum atomic E-state index is 11.7. The van der Waals surface area contributed by atoms with Crippen molar-refractivity contribution in [2.24, 2.45) is 5.92 Å². The van der Waals surface area contributed by atoms with Crippen molar-refractivity contribution in [1.29, 1.82) is 0 Å². The number of benzene rings is 1. The SMILES string of the molecule is CCOc1ccccc1OCC(=O)NCCNC(=O)CC(C)C. The normalized spacial score (nSPS) is 10.3. The Labute approximate surface area is 137 Å². The molecule has 0 aliphatic carbocycles. The van der Waals surface area contributed by atoms with E-state index in [9.17, 15) is 9.59 Å². The highest BCUT2D eigenvalue weighted by molar-refractivity contribution is 5.78. The summed E-state index contributed by atoms with van der Waals surface area (Å²) in [5.74, 6) is 1.23. The lowest BCUT2D eigenvalue weighted by atomic mass is 10.1. The van der Waals surface area contributed by atoms with Crippen molar-refractivity contribution < 1.29 is 19.1 Å². The van der Waals surface area contributed by atoms with Gasteiger partial charge in [0.15, 0.2) is 18.1 Å². The van der Waals surface area contributed by atoms with Crippen LogP contribution in [0.1, 0.15) is 27.2 Å². The fourth-order valence-electron chi connectivity index (χ4n) is 1.89. The Balaban J connectivity index is 2.23. The van der Waals surface area contributed by atoms with Gasteiger partial charge >= 0.3 is 0 Å². The largest absolute Gasteiger partial charge is 0.490 e. The molecule has 0 bridgehead atoms. The molecule has 1 aromatic carbocycles. The van der Waals surface area contributed by atoms with Crippen molar-refractivity contribution in [1.82, 2.24) is 10.6 Å². The summed E-state index contributed by atoms with van der Waals surface area (Å²) in [4.78, 5) is 23.2. The molecule has 6 nitrogen and oxygen atoms in total. The van der Waals surface area contributed by atoms with Crippen LogP contribution in [-0.2, 0) is 9.59 Å². The number of carbonyl (C=O) groups excluding carboxylic acids is 2. The number of nitrogens with one attached hydrogen (secondary N) is 2. The van der Waals surface area contributed by atoms with Crippen molar-refractivity contribution in [3.63, 3.8) is 0 Å². The maximum Gasteiger partial charge on any atom is 0.258 e. The number of amides is 2.